The maximum atomic E-state index is 9.01. The van der Waals surface area contributed by atoms with E-state index in [-0.39, 0.29) is 12.6 Å². The molecule has 2 rings (SSSR count). The summed E-state index contributed by atoms with van der Waals surface area (Å²) in [5.74, 6) is 0.782. The van der Waals surface area contributed by atoms with E-state index in [1.807, 2.05) is 36.4 Å². The summed E-state index contributed by atoms with van der Waals surface area (Å²) in [6, 6.07) is 11.8. The van der Waals surface area contributed by atoms with Crippen LogP contribution in [0, 0.1) is 0 Å². The van der Waals surface area contributed by atoms with Crippen LogP contribution in [0.3, 0.4) is 0 Å². The molecule has 0 bridgehead atoms. The fourth-order valence-corrected chi connectivity index (χ4v) is 2.12. The molecule has 3 heteroatoms. The van der Waals surface area contributed by atoms with E-state index in [2.05, 4.69) is 0 Å². The summed E-state index contributed by atoms with van der Waals surface area (Å²) < 4.78 is 5.36. The third kappa shape index (κ3) is 2.25. The molecule has 0 unspecified atom stereocenters. The van der Waals surface area contributed by atoms with Crippen molar-refractivity contribution < 1.29 is 9.84 Å². The molecule has 0 aromatic heterocycles. The second kappa shape index (κ2) is 5.17. The number of ether oxygens (including phenoxy) is 1. The van der Waals surface area contributed by atoms with E-state index >= 15 is 0 Å². The van der Waals surface area contributed by atoms with Gasteiger partial charge in [-0.25, -0.2) is 0 Å². The standard InChI is InChI=1S/C14H17NO2/c1-17-13-7-6-10-4-2-3-5-11(10)14(13)12(15)8-9-16/h2-7,12,16H,8-9,15H2,1H3/t12-/m1/s1. The van der Waals surface area contributed by atoms with Crippen molar-refractivity contribution in [1.82, 2.24) is 0 Å². The van der Waals surface area contributed by atoms with Gasteiger partial charge < -0.3 is 15.6 Å². The maximum absolute atomic E-state index is 9.01. The van der Waals surface area contributed by atoms with Crippen molar-refractivity contribution in [3.05, 3.63) is 42.0 Å². The Kier molecular flexibility index (Phi) is 3.61. The largest absolute Gasteiger partial charge is 0.496 e. The van der Waals surface area contributed by atoms with E-state index < -0.39 is 0 Å². The number of nitrogens with two attached hydrogens (primary N) is 1. The molecule has 3 nitrogen and oxygen atoms in total. The Hall–Kier alpha value is -1.58. The van der Waals surface area contributed by atoms with E-state index in [1.54, 1.807) is 7.11 Å². The molecule has 0 fully saturated rings. The average molecular weight is 231 g/mol. The molecule has 2 aromatic rings. The molecule has 3 N–H and O–H groups in total. The normalized spacial score (nSPS) is 12.6. The van der Waals surface area contributed by atoms with Gasteiger partial charge in [0.05, 0.1) is 7.11 Å². The highest BCUT2D eigenvalue weighted by Gasteiger charge is 2.14. The minimum Gasteiger partial charge on any atom is -0.496 e. The number of rotatable bonds is 4. The lowest BCUT2D eigenvalue weighted by Gasteiger charge is -2.17. The first-order valence-corrected chi connectivity index (χ1v) is 5.70. The summed E-state index contributed by atoms with van der Waals surface area (Å²) in [7, 11) is 1.64. The maximum Gasteiger partial charge on any atom is 0.124 e. The zero-order chi connectivity index (χ0) is 12.3. The van der Waals surface area contributed by atoms with Gasteiger partial charge in [-0.15, -0.1) is 0 Å². The van der Waals surface area contributed by atoms with Crippen LogP contribution in [0.5, 0.6) is 5.75 Å². The van der Waals surface area contributed by atoms with Crippen LogP contribution < -0.4 is 10.5 Å². The molecular formula is C14H17NO2. The number of aliphatic hydroxyl groups is 1. The molecule has 0 aliphatic heterocycles. The molecule has 0 saturated carbocycles. The van der Waals surface area contributed by atoms with Crippen LogP contribution in [0.2, 0.25) is 0 Å². The summed E-state index contributed by atoms with van der Waals surface area (Å²) >= 11 is 0. The van der Waals surface area contributed by atoms with Crippen molar-refractivity contribution in [2.45, 2.75) is 12.5 Å². The van der Waals surface area contributed by atoms with Gasteiger partial charge in [-0.2, -0.15) is 0 Å². The number of aliphatic hydroxyl groups excluding tert-OH is 1. The van der Waals surface area contributed by atoms with Gasteiger partial charge in [-0.05, 0) is 23.3 Å². The summed E-state index contributed by atoms with van der Waals surface area (Å²) in [6.45, 7) is 0.0769. The number of benzene rings is 2. The summed E-state index contributed by atoms with van der Waals surface area (Å²) in [6.07, 6.45) is 0.532. The Morgan fingerprint density at radius 1 is 1.24 bits per heavy atom. The van der Waals surface area contributed by atoms with Gasteiger partial charge >= 0.3 is 0 Å². The predicted molar refractivity (Wildman–Crippen MR) is 69.1 cm³/mol. The molecule has 0 aliphatic carbocycles. The van der Waals surface area contributed by atoms with Crippen molar-refractivity contribution in [2.75, 3.05) is 13.7 Å². The lowest BCUT2D eigenvalue weighted by atomic mass is 9.96. The van der Waals surface area contributed by atoms with Crippen LogP contribution in [0.25, 0.3) is 10.8 Å². The Morgan fingerprint density at radius 3 is 2.71 bits per heavy atom. The monoisotopic (exact) mass is 231 g/mol. The van der Waals surface area contributed by atoms with Crippen LogP contribution in [0.4, 0.5) is 0 Å². The smallest absolute Gasteiger partial charge is 0.124 e. The minimum absolute atomic E-state index is 0.0769. The highest BCUT2D eigenvalue weighted by atomic mass is 16.5. The average Bonchev–Trinajstić information content (AvgIpc) is 2.37. The summed E-state index contributed by atoms with van der Waals surface area (Å²) in [4.78, 5) is 0. The second-order valence-electron chi connectivity index (χ2n) is 4.02. The Bertz CT molecular complexity index is 511. The number of hydrogen-bond acceptors (Lipinski definition) is 3. The molecule has 0 spiro atoms. The van der Waals surface area contributed by atoms with Crippen LogP contribution >= 0.6 is 0 Å². The quantitative estimate of drug-likeness (QED) is 0.848. The number of hydrogen-bond donors (Lipinski definition) is 2. The minimum atomic E-state index is -0.207. The highest BCUT2D eigenvalue weighted by Crippen LogP contribution is 2.33. The van der Waals surface area contributed by atoms with Gasteiger partial charge in [-0.3, -0.25) is 0 Å². The third-order valence-electron chi connectivity index (χ3n) is 2.96. The van der Waals surface area contributed by atoms with Gasteiger partial charge in [0.1, 0.15) is 5.75 Å². The zero-order valence-corrected chi connectivity index (χ0v) is 9.89. The van der Waals surface area contributed by atoms with Gasteiger partial charge in [0.25, 0.3) is 0 Å². The third-order valence-corrected chi connectivity index (χ3v) is 2.96. The molecule has 0 heterocycles. The van der Waals surface area contributed by atoms with E-state index in [4.69, 9.17) is 15.6 Å². The number of methoxy groups -OCH3 is 1. The molecule has 2 aromatic carbocycles. The van der Waals surface area contributed by atoms with Gasteiger partial charge in [0.15, 0.2) is 0 Å². The van der Waals surface area contributed by atoms with Crippen molar-refractivity contribution in [3.63, 3.8) is 0 Å². The van der Waals surface area contributed by atoms with Crippen molar-refractivity contribution in [1.29, 1.82) is 0 Å². The second-order valence-corrected chi connectivity index (χ2v) is 4.02. The van der Waals surface area contributed by atoms with Crippen LogP contribution in [-0.2, 0) is 0 Å². The fraction of sp³-hybridized carbons (Fsp3) is 0.286. The Morgan fingerprint density at radius 2 is 2.00 bits per heavy atom. The first-order valence-electron chi connectivity index (χ1n) is 5.70. The molecule has 0 saturated heterocycles. The van der Waals surface area contributed by atoms with Crippen LogP contribution in [0.1, 0.15) is 18.0 Å². The molecule has 90 valence electrons. The summed E-state index contributed by atoms with van der Waals surface area (Å²) in [5, 5.41) is 11.2. The molecule has 0 radical (unpaired) electrons. The van der Waals surface area contributed by atoms with E-state index in [0.29, 0.717) is 6.42 Å². The zero-order valence-electron chi connectivity index (χ0n) is 9.89. The SMILES string of the molecule is COc1ccc2ccccc2c1[C@H](N)CCO. The Balaban J connectivity index is 2.62. The predicted octanol–water partition coefficient (Wildman–Crippen LogP) is 2.23. The van der Waals surface area contributed by atoms with Crippen molar-refractivity contribution in [2.24, 2.45) is 5.73 Å². The Labute approximate surface area is 101 Å². The first kappa shape index (κ1) is 11.9. The van der Waals surface area contributed by atoms with E-state index in [9.17, 15) is 0 Å². The molecular weight excluding hydrogens is 214 g/mol. The van der Waals surface area contributed by atoms with Gasteiger partial charge in [-0.1, -0.05) is 30.3 Å². The lowest BCUT2D eigenvalue weighted by molar-refractivity contribution is 0.275. The lowest BCUT2D eigenvalue weighted by Crippen LogP contribution is -2.13. The van der Waals surface area contributed by atoms with E-state index in [0.717, 1.165) is 22.1 Å². The number of fused-ring (bicyclic) bond motifs is 1. The van der Waals surface area contributed by atoms with Crippen LogP contribution in [0.15, 0.2) is 36.4 Å². The molecule has 0 aliphatic rings. The van der Waals surface area contributed by atoms with Crippen LogP contribution in [-0.4, -0.2) is 18.8 Å². The molecule has 1 atom stereocenters. The molecule has 0 amide bonds. The van der Waals surface area contributed by atoms with Crippen molar-refractivity contribution >= 4 is 10.8 Å². The molecule has 17 heavy (non-hydrogen) atoms. The van der Waals surface area contributed by atoms with Gasteiger partial charge in [0.2, 0.25) is 0 Å². The van der Waals surface area contributed by atoms with Crippen molar-refractivity contribution in [3.8, 4) is 5.75 Å². The van der Waals surface area contributed by atoms with E-state index in [1.165, 1.54) is 0 Å². The highest BCUT2D eigenvalue weighted by molar-refractivity contribution is 5.88. The van der Waals surface area contributed by atoms with Gasteiger partial charge in [0, 0.05) is 18.2 Å². The topological polar surface area (TPSA) is 55.5 Å². The fourth-order valence-electron chi connectivity index (χ4n) is 2.12. The summed E-state index contributed by atoms with van der Waals surface area (Å²) in [5.41, 5.74) is 7.08. The first-order chi connectivity index (χ1) is 8.27.